The highest BCUT2D eigenvalue weighted by Crippen LogP contribution is 2.26. The smallest absolute Gasteiger partial charge is 0.321 e. The molecule has 24 heavy (non-hydrogen) atoms. The van der Waals surface area contributed by atoms with Crippen molar-refractivity contribution in [3.8, 4) is 5.75 Å². The third-order valence-electron chi connectivity index (χ3n) is 3.45. The van der Waals surface area contributed by atoms with Crippen molar-refractivity contribution in [2.45, 2.75) is 13.5 Å². The number of methoxy groups -OCH3 is 1. The molecular formula is C17H24N4O3. The predicted octanol–water partition coefficient (Wildman–Crippen LogP) is 2.42. The van der Waals surface area contributed by atoms with Crippen molar-refractivity contribution in [3.63, 3.8) is 0 Å². The number of hydrogen-bond donors (Lipinski definition) is 1. The summed E-state index contributed by atoms with van der Waals surface area (Å²) in [6, 6.07) is 5.46. The molecule has 0 saturated heterocycles. The van der Waals surface area contributed by atoms with Gasteiger partial charge in [-0.1, -0.05) is 6.07 Å². The van der Waals surface area contributed by atoms with Gasteiger partial charge in [0.2, 0.25) is 0 Å². The van der Waals surface area contributed by atoms with Crippen molar-refractivity contribution >= 4 is 11.7 Å². The number of nitrogens with one attached hydrogen (secondary N) is 1. The standard InChI is InChI=1S/C17H24N4O3/c1-13-5-6-15(16(9-13)24-8-7-23-4)19-17(22)20(2)11-14-10-18-21(3)12-14/h5-6,9-10,12H,7-8,11H2,1-4H3,(H,19,22). The molecule has 0 aliphatic rings. The Balaban J connectivity index is 2.01. The van der Waals surface area contributed by atoms with E-state index in [0.717, 1.165) is 11.1 Å². The Morgan fingerprint density at radius 1 is 1.38 bits per heavy atom. The van der Waals surface area contributed by atoms with Crippen LogP contribution in [0.4, 0.5) is 10.5 Å². The molecule has 0 unspecified atom stereocenters. The van der Waals surface area contributed by atoms with E-state index in [-0.39, 0.29) is 6.03 Å². The number of benzene rings is 1. The minimum Gasteiger partial charge on any atom is -0.489 e. The summed E-state index contributed by atoms with van der Waals surface area (Å²) in [7, 11) is 5.21. The van der Waals surface area contributed by atoms with Crippen LogP contribution in [0.1, 0.15) is 11.1 Å². The third kappa shape index (κ3) is 4.99. The summed E-state index contributed by atoms with van der Waals surface area (Å²) < 4.78 is 12.4. The van der Waals surface area contributed by atoms with Crippen LogP contribution in [0, 0.1) is 6.92 Å². The van der Waals surface area contributed by atoms with Crippen LogP contribution >= 0.6 is 0 Å². The van der Waals surface area contributed by atoms with Gasteiger partial charge in [0, 0.05) is 33.0 Å². The SMILES string of the molecule is COCCOc1cc(C)ccc1NC(=O)N(C)Cc1cnn(C)c1. The van der Waals surface area contributed by atoms with E-state index < -0.39 is 0 Å². The first-order valence-electron chi connectivity index (χ1n) is 7.71. The van der Waals surface area contributed by atoms with Crippen molar-refractivity contribution < 1.29 is 14.3 Å². The molecule has 130 valence electrons. The van der Waals surface area contributed by atoms with Crippen molar-refractivity contribution in [2.75, 3.05) is 32.7 Å². The number of aromatic nitrogens is 2. The molecular weight excluding hydrogens is 308 g/mol. The van der Waals surface area contributed by atoms with Gasteiger partial charge >= 0.3 is 6.03 Å². The topological polar surface area (TPSA) is 68.6 Å². The normalized spacial score (nSPS) is 10.5. The van der Waals surface area contributed by atoms with Gasteiger partial charge in [-0.25, -0.2) is 4.79 Å². The van der Waals surface area contributed by atoms with Gasteiger partial charge in [-0.05, 0) is 24.6 Å². The van der Waals surface area contributed by atoms with E-state index in [1.807, 2.05) is 38.4 Å². The number of rotatable bonds is 7. The maximum absolute atomic E-state index is 12.4. The summed E-state index contributed by atoms with van der Waals surface area (Å²) in [6.07, 6.45) is 3.63. The van der Waals surface area contributed by atoms with Crippen LogP contribution in [0.25, 0.3) is 0 Å². The van der Waals surface area contributed by atoms with Gasteiger partial charge in [0.15, 0.2) is 0 Å². The monoisotopic (exact) mass is 332 g/mol. The van der Waals surface area contributed by atoms with Gasteiger partial charge in [-0.2, -0.15) is 5.10 Å². The molecule has 1 aromatic carbocycles. The second-order valence-corrected chi connectivity index (χ2v) is 5.65. The molecule has 0 radical (unpaired) electrons. The number of carbonyl (C=O) groups is 1. The lowest BCUT2D eigenvalue weighted by atomic mass is 10.2. The van der Waals surface area contributed by atoms with E-state index in [2.05, 4.69) is 10.4 Å². The minimum absolute atomic E-state index is 0.209. The van der Waals surface area contributed by atoms with Crippen molar-refractivity contribution in [3.05, 3.63) is 41.7 Å². The summed E-state index contributed by atoms with van der Waals surface area (Å²) in [5.74, 6) is 0.634. The van der Waals surface area contributed by atoms with Crippen molar-refractivity contribution in [1.82, 2.24) is 14.7 Å². The second kappa shape index (κ2) is 8.35. The summed E-state index contributed by atoms with van der Waals surface area (Å²) in [5.41, 5.74) is 2.67. The highest BCUT2D eigenvalue weighted by atomic mass is 16.5. The molecule has 2 amide bonds. The van der Waals surface area contributed by atoms with Crippen molar-refractivity contribution in [1.29, 1.82) is 0 Å². The summed E-state index contributed by atoms with van der Waals surface area (Å²) in [4.78, 5) is 14.0. The van der Waals surface area contributed by atoms with Crippen LogP contribution in [0.15, 0.2) is 30.6 Å². The Morgan fingerprint density at radius 3 is 2.83 bits per heavy atom. The fourth-order valence-electron chi connectivity index (χ4n) is 2.20. The first-order chi connectivity index (χ1) is 11.5. The quantitative estimate of drug-likeness (QED) is 0.791. The average molecular weight is 332 g/mol. The number of nitrogens with zero attached hydrogens (tertiary/aromatic N) is 3. The Labute approximate surface area is 142 Å². The molecule has 1 N–H and O–H groups in total. The zero-order valence-electron chi connectivity index (χ0n) is 14.6. The third-order valence-corrected chi connectivity index (χ3v) is 3.45. The molecule has 0 spiro atoms. The minimum atomic E-state index is -0.209. The van der Waals surface area contributed by atoms with E-state index in [4.69, 9.17) is 9.47 Å². The Kier molecular flexibility index (Phi) is 6.20. The highest BCUT2D eigenvalue weighted by Gasteiger charge is 2.13. The fraction of sp³-hybridized carbons (Fsp3) is 0.412. The fourth-order valence-corrected chi connectivity index (χ4v) is 2.20. The van der Waals surface area contributed by atoms with E-state index in [1.54, 1.807) is 29.9 Å². The predicted molar refractivity (Wildman–Crippen MR) is 92.2 cm³/mol. The van der Waals surface area contributed by atoms with Gasteiger partial charge < -0.3 is 19.7 Å². The molecule has 2 aromatic rings. The van der Waals surface area contributed by atoms with Crippen LogP contribution in [-0.2, 0) is 18.3 Å². The number of carbonyl (C=O) groups excluding carboxylic acids is 1. The van der Waals surface area contributed by atoms with Crippen LogP contribution in [0.3, 0.4) is 0 Å². The lowest BCUT2D eigenvalue weighted by molar-refractivity contribution is 0.146. The van der Waals surface area contributed by atoms with E-state index in [0.29, 0.717) is 31.2 Å². The first kappa shape index (κ1) is 17.8. The maximum Gasteiger partial charge on any atom is 0.321 e. The van der Waals surface area contributed by atoms with E-state index in [9.17, 15) is 4.79 Å². The molecule has 0 aliphatic heterocycles. The van der Waals surface area contributed by atoms with Gasteiger partial charge in [0.1, 0.15) is 12.4 Å². The summed E-state index contributed by atoms with van der Waals surface area (Å²) in [5, 5.41) is 6.99. The Morgan fingerprint density at radius 2 is 2.17 bits per heavy atom. The molecule has 7 heteroatoms. The molecule has 1 heterocycles. The van der Waals surface area contributed by atoms with Crippen LogP contribution in [0.5, 0.6) is 5.75 Å². The summed E-state index contributed by atoms with van der Waals surface area (Å²) in [6.45, 7) is 3.37. The number of ether oxygens (including phenoxy) is 2. The number of urea groups is 1. The molecule has 0 saturated carbocycles. The number of anilines is 1. The van der Waals surface area contributed by atoms with E-state index >= 15 is 0 Å². The summed E-state index contributed by atoms with van der Waals surface area (Å²) >= 11 is 0. The van der Waals surface area contributed by atoms with E-state index in [1.165, 1.54) is 0 Å². The Hall–Kier alpha value is -2.54. The van der Waals surface area contributed by atoms with Crippen LogP contribution in [-0.4, -0.2) is 48.1 Å². The number of hydrogen-bond acceptors (Lipinski definition) is 4. The lowest BCUT2D eigenvalue weighted by Gasteiger charge is -2.19. The molecule has 0 atom stereocenters. The first-order valence-corrected chi connectivity index (χ1v) is 7.71. The lowest BCUT2D eigenvalue weighted by Crippen LogP contribution is -2.31. The molecule has 7 nitrogen and oxygen atoms in total. The van der Waals surface area contributed by atoms with Crippen LogP contribution < -0.4 is 10.1 Å². The van der Waals surface area contributed by atoms with Crippen molar-refractivity contribution in [2.24, 2.45) is 7.05 Å². The second-order valence-electron chi connectivity index (χ2n) is 5.65. The number of amides is 2. The maximum atomic E-state index is 12.4. The van der Waals surface area contributed by atoms with Crippen LogP contribution in [0.2, 0.25) is 0 Å². The molecule has 0 aliphatic carbocycles. The van der Waals surface area contributed by atoms with Gasteiger partial charge in [0.05, 0.1) is 25.0 Å². The van der Waals surface area contributed by atoms with Gasteiger partial charge in [0.25, 0.3) is 0 Å². The molecule has 2 rings (SSSR count). The highest BCUT2D eigenvalue weighted by molar-refractivity contribution is 5.90. The molecule has 0 fully saturated rings. The zero-order valence-corrected chi connectivity index (χ0v) is 14.6. The molecule has 0 bridgehead atoms. The van der Waals surface area contributed by atoms with Gasteiger partial charge in [-0.3, -0.25) is 4.68 Å². The largest absolute Gasteiger partial charge is 0.489 e. The number of aryl methyl sites for hydroxylation is 2. The Bertz CT molecular complexity index is 684. The molecule has 1 aromatic heterocycles. The average Bonchev–Trinajstić information content (AvgIpc) is 2.95. The van der Waals surface area contributed by atoms with Gasteiger partial charge in [-0.15, -0.1) is 0 Å². The zero-order chi connectivity index (χ0) is 17.5.